The number of rotatable bonds is 1. The fourth-order valence-electron chi connectivity index (χ4n) is 0.569. The summed E-state index contributed by atoms with van der Waals surface area (Å²) in [6, 6.07) is 1.86. The van der Waals surface area contributed by atoms with Crippen LogP contribution in [0.1, 0.15) is 19.5 Å². The van der Waals surface area contributed by atoms with Gasteiger partial charge in [-0.15, -0.1) is 0 Å². The van der Waals surface area contributed by atoms with E-state index < -0.39 is 0 Å². The summed E-state index contributed by atoms with van der Waals surface area (Å²) >= 11 is 0. The van der Waals surface area contributed by atoms with Crippen LogP contribution in [0.2, 0.25) is 0 Å². The molecule has 0 aromatic carbocycles. The number of hydrogen-bond acceptors (Lipinski definition) is 3. The molecule has 0 saturated heterocycles. The van der Waals surface area contributed by atoms with Crippen molar-refractivity contribution in [1.82, 2.24) is 9.97 Å². The van der Waals surface area contributed by atoms with E-state index in [0.717, 1.165) is 5.69 Å². The highest BCUT2D eigenvalue weighted by molar-refractivity contribution is 5.22. The molecule has 0 spiro atoms. The van der Waals surface area contributed by atoms with Crippen LogP contribution >= 0.6 is 0 Å². The molecule has 0 saturated carbocycles. The Morgan fingerprint density at radius 3 is 2.36 bits per heavy atom. The molecule has 0 amide bonds. The molecule has 1 aromatic rings. The van der Waals surface area contributed by atoms with Gasteiger partial charge in [-0.3, -0.25) is 0 Å². The van der Waals surface area contributed by atoms with Crippen molar-refractivity contribution in [3.63, 3.8) is 0 Å². The van der Waals surface area contributed by atoms with Crippen LogP contribution in [0, 0.1) is 6.92 Å². The lowest BCUT2D eigenvalue weighted by Crippen LogP contribution is -1.95. The van der Waals surface area contributed by atoms with Crippen molar-refractivity contribution in [1.29, 1.82) is 0 Å². The third-order valence-electron chi connectivity index (χ3n) is 1.02. The van der Waals surface area contributed by atoms with E-state index in [2.05, 4.69) is 15.3 Å². The quantitative estimate of drug-likeness (QED) is 0.669. The molecule has 1 heterocycles. The lowest BCUT2D eigenvalue weighted by Gasteiger charge is -1.95. The second-order valence-corrected chi connectivity index (χ2v) is 1.77. The first kappa shape index (κ1) is 9.88. The third-order valence-corrected chi connectivity index (χ3v) is 1.02. The van der Waals surface area contributed by atoms with Crippen LogP contribution in [0.3, 0.4) is 0 Å². The molecule has 1 N–H and O–H groups in total. The molecule has 1 rings (SSSR count). The first-order valence-corrected chi connectivity index (χ1v) is 3.80. The van der Waals surface area contributed by atoms with Crippen molar-refractivity contribution in [3.8, 4) is 0 Å². The SMILES string of the molecule is CC.CNc1nccc(C)n1. The first-order chi connectivity index (χ1) is 5.33. The van der Waals surface area contributed by atoms with Gasteiger partial charge in [-0.2, -0.15) is 0 Å². The zero-order valence-electron chi connectivity index (χ0n) is 7.55. The Balaban J connectivity index is 0.000000461. The van der Waals surface area contributed by atoms with Crippen LogP contribution in [-0.2, 0) is 0 Å². The third kappa shape index (κ3) is 3.55. The maximum atomic E-state index is 4.07. The Kier molecular flexibility index (Phi) is 5.07. The average Bonchev–Trinajstić information content (AvgIpc) is 2.08. The molecule has 3 nitrogen and oxygen atoms in total. The van der Waals surface area contributed by atoms with Crippen LogP contribution in [0.5, 0.6) is 0 Å². The Morgan fingerprint density at radius 1 is 1.36 bits per heavy atom. The lowest BCUT2D eigenvalue weighted by atomic mass is 10.5. The van der Waals surface area contributed by atoms with E-state index in [-0.39, 0.29) is 0 Å². The van der Waals surface area contributed by atoms with Gasteiger partial charge in [0.2, 0.25) is 5.95 Å². The molecule has 3 heteroatoms. The zero-order chi connectivity index (χ0) is 8.69. The van der Waals surface area contributed by atoms with E-state index in [9.17, 15) is 0 Å². The summed E-state index contributed by atoms with van der Waals surface area (Å²) in [4.78, 5) is 8.01. The summed E-state index contributed by atoms with van der Waals surface area (Å²) in [6.45, 7) is 5.93. The van der Waals surface area contributed by atoms with Gasteiger partial charge in [0.25, 0.3) is 0 Å². The van der Waals surface area contributed by atoms with Crippen molar-refractivity contribution >= 4 is 5.95 Å². The zero-order valence-corrected chi connectivity index (χ0v) is 7.55. The summed E-state index contributed by atoms with van der Waals surface area (Å²) < 4.78 is 0. The van der Waals surface area contributed by atoms with Crippen molar-refractivity contribution in [2.75, 3.05) is 12.4 Å². The second kappa shape index (κ2) is 5.65. The standard InChI is InChI=1S/C6H9N3.C2H6/c1-5-3-4-8-6(7-2)9-5;1-2/h3-4H,1-2H3,(H,7,8,9);1-2H3. The highest BCUT2D eigenvalue weighted by atomic mass is 15.1. The molecule has 0 radical (unpaired) electrons. The highest BCUT2D eigenvalue weighted by Gasteiger charge is 1.88. The predicted molar refractivity (Wildman–Crippen MR) is 47.7 cm³/mol. The van der Waals surface area contributed by atoms with E-state index in [0.29, 0.717) is 5.95 Å². The summed E-state index contributed by atoms with van der Waals surface area (Å²) in [6.07, 6.45) is 1.73. The minimum atomic E-state index is 0.676. The van der Waals surface area contributed by atoms with E-state index in [1.807, 2.05) is 26.8 Å². The molecule has 0 aliphatic rings. The summed E-state index contributed by atoms with van der Waals surface area (Å²) in [5, 5.41) is 2.85. The molecule has 62 valence electrons. The average molecular weight is 153 g/mol. The van der Waals surface area contributed by atoms with Crippen LogP contribution in [-0.4, -0.2) is 17.0 Å². The molecule has 0 aliphatic carbocycles. The second-order valence-electron chi connectivity index (χ2n) is 1.77. The topological polar surface area (TPSA) is 37.8 Å². The summed E-state index contributed by atoms with van der Waals surface area (Å²) in [5.74, 6) is 0.676. The van der Waals surface area contributed by atoms with Gasteiger partial charge in [0, 0.05) is 18.9 Å². The Labute approximate surface area is 67.9 Å². The van der Waals surface area contributed by atoms with Crippen LogP contribution < -0.4 is 5.32 Å². The van der Waals surface area contributed by atoms with Gasteiger partial charge in [-0.05, 0) is 13.0 Å². The van der Waals surface area contributed by atoms with Gasteiger partial charge < -0.3 is 5.32 Å². The summed E-state index contributed by atoms with van der Waals surface area (Å²) in [7, 11) is 1.80. The highest BCUT2D eigenvalue weighted by Crippen LogP contribution is 1.95. The fourth-order valence-corrected chi connectivity index (χ4v) is 0.569. The lowest BCUT2D eigenvalue weighted by molar-refractivity contribution is 1.09. The van der Waals surface area contributed by atoms with E-state index >= 15 is 0 Å². The van der Waals surface area contributed by atoms with Crippen LogP contribution in [0.4, 0.5) is 5.95 Å². The molecule has 0 fully saturated rings. The molecule has 1 aromatic heterocycles. The number of nitrogens with zero attached hydrogens (tertiary/aromatic N) is 2. The van der Waals surface area contributed by atoms with Gasteiger partial charge in [0.1, 0.15) is 0 Å². The van der Waals surface area contributed by atoms with Crippen molar-refractivity contribution < 1.29 is 0 Å². The molecular formula is C8H15N3. The van der Waals surface area contributed by atoms with E-state index in [4.69, 9.17) is 0 Å². The van der Waals surface area contributed by atoms with Gasteiger partial charge in [-0.1, -0.05) is 13.8 Å². The molecule has 0 bridgehead atoms. The normalized spacial score (nSPS) is 8.00. The van der Waals surface area contributed by atoms with E-state index in [1.54, 1.807) is 13.2 Å². The smallest absolute Gasteiger partial charge is 0.222 e. The van der Waals surface area contributed by atoms with Crippen molar-refractivity contribution in [2.45, 2.75) is 20.8 Å². The first-order valence-electron chi connectivity index (χ1n) is 3.80. The Bertz CT molecular complexity index is 198. The van der Waals surface area contributed by atoms with Crippen LogP contribution in [0.15, 0.2) is 12.3 Å². The van der Waals surface area contributed by atoms with Crippen molar-refractivity contribution in [2.24, 2.45) is 0 Å². The number of aromatic nitrogens is 2. The molecular weight excluding hydrogens is 138 g/mol. The molecule has 0 atom stereocenters. The minimum Gasteiger partial charge on any atom is -0.357 e. The van der Waals surface area contributed by atoms with Gasteiger partial charge in [0.15, 0.2) is 0 Å². The van der Waals surface area contributed by atoms with Crippen LogP contribution in [0.25, 0.3) is 0 Å². The maximum absolute atomic E-state index is 4.07. The number of anilines is 1. The van der Waals surface area contributed by atoms with Gasteiger partial charge >= 0.3 is 0 Å². The maximum Gasteiger partial charge on any atom is 0.222 e. The largest absolute Gasteiger partial charge is 0.357 e. The van der Waals surface area contributed by atoms with E-state index in [1.165, 1.54) is 0 Å². The monoisotopic (exact) mass is 153 g/mol. The summed E-state index contributed by atoms with van der Waals surface area (Å²) in [5.41, 5.74) is 0.981. The fraction of sp³-hybridized carbons (Fsp3) is 0.500. The Morgan fingerprint density at radius 2 is 2.00 bits per heavy atom. The van der Waals surface area contributed by atoms with Gasteiger partial charge in [-0.25, -0.2) is 9.97 Å². The number of nitrogens with one attached hydrogen (secondary N) is 1. The number of aryl methyl sites for hydroxylation is 1. The van der Waals surface area contributed by atoms with Gasteiger partial charge in [0.05, 0.1) is 0 Å². The molecule has 11 heavy (non-hydrogen) atoms. The Hall–Kier alpha value is -1.12. The minimum absolute atomic E-state index is 0.676. The van der Waals surface area contributed by atoms with Crippen molar-refractivity contribution in [3.05, 3.63) is 18.0 Å². The molecule has 0 unspecified atom stereocenters. The molecule has 0 aliphatic heterocycles. The number of hydrogen-bond donors (Lipinski definition) is 1. The predicted octanol–water partition coefficient (Wildman–Crippen LogP) is 1.85.